The molecule has 4 aliphatic rings. The highest BCUT2D eigenvalue weighted by Gasteiger charge is 2.48. The lowest BCUT2D eigenvalue weighted by atomic mass is 9.92. The van der Waals surface area contributed by atoms with E-state index in [1.807, 2.05) is 4.90 Å². The van der Waals surface area contributed by atoms with Crippen molar-refractivity contribution in [3.8, 4) is 6.01 Å². The fraction of sp³-hybridized carbons (Fsp3) is 0.480. The second-order valence-corrected chi connectivity index (χ2v) is 11.6. The molecular formula is C25H26BrClFN5O3. The first-order chi connectivity index (χ1) is 17.1. The predicted molar refractivity (Wildman–Crippen MR) is 138 cm³/mol. The second-order valence-electron chi connectivity index (χ2n) is 10.4. The van der Waals surface area contributed by atoms with Crippen molar-refractivity contribution >= 4 is 50.3 Å². The largest absolute Gasteiger partial charge is 0.465 e. The third-order valence-corrected chi connectivity index (χ3v) is 9.22. The molecule has 2 atom stereocenters. The summed E-state index contributed by atoms with van der Waals surface area (Å²) in [4.78, 5) is 26.8. The molecule has 36 heavy (non-hydrogen) atoms. The third kappa shape index (κ3) is 3.76. The molecule has 0 saturated carbocycles. The molecule has 4 saturated heterocycles. The Morgan fingerprint density at radius 3 is 2.47 bits per heavy atom. The van der Waals surface area contributed by atoms with Crippen LogP contribution in [0.25, 0.3) is 10.9 Å². The highest BCUT2D eigenvalue weighted by atomic mass is 79.9. The van der Waals surface area contributed by atoms with E-state index >= 15 is 4.39 Å². The Labute approximate surface area is 221 Å². The first-order valence-electron chi connectivity index (χ1n) is 12.0. The Morgan fingerprint density at radius 1 is 1.22 bits per heavy atom. The molecule has 1 aromatic carbocycles. The number of hydrogen-bond acceptors (Lipinski definition) is 6. The van der Waals surface area contributed by atoms with Crippen LogP contribution >= 0.6 is 27.5 Å². The van der Waals surface area contributed by atoms with Crippen LogP contribution in [0.15, 0.2) is 34.8 Å². The van der Waals surface area contributed by atoms with Gasteiger partial charge in [0.05, 0.1) is 27.1 Å². The summed E-state index contributed by atoms with van der Waals surface area (Å²) >= 11 is 9.53. The summed E-state index contributed by atoms with van der Waals surface area (Å²) in [5.41, 5.74) is 2.18. The minimum absolute atomic E-state index is 0.0861. The number of carbonyl (C=O) groups is 1. The number of rotatable bonds is 4. The van der Waals surface area contributed by atoms with Crippen molar-refractivity contribution in [2.24, 2.45) is 0 Å². The minimum Gasteiger partial charge on any atom is -0.465 e. The number of hydrogen-bond donors (Lipinski definition) is 1. The number of amides is 1. The Bertz CT molecular complexity index is 1290. The molecule has 6 rings (SSSR count). The maximum atomic E-state index is 15.4. The van der Waals surface area contributed by atoms with Crippen LogP contribution < -0.4 is 9.64 Å². The number of benzene rings is 1. The SMILES string of the molecule is C=C1CN2CC(=C)CC2(COc2nc(N3C[C@H]4CC[C@@H](C3)N4C(=O)O)c3cc(Cl)c(Br)c(F)c3n2)C1. The summed E-state index contributed by atoms with van der Waals surface area (Å²) in [6, 6.07) is 1.44. The van der Waals surface area contributed by atoms with Gasteiger partial charge < -0.3 is 14.7 Å². The van der Waals surface area contributed by atoms with E-state index in [-0.39, 0.29) is 38.6 Å². The van der Waals surface area contributed by atoms with Gasteiger partial charge in [-0.1, -0.05) is 35.9 Å². The van der Waals surface area contributed by atoms with Gasteiger partial charge in [-0.2, -0.15) is 9.97 Å². The van der Waals surface area contributed by atoms with Gasteiger partial charge in [-0.05, 0) is 47.7 Å². The van der Waals surface area contributed by atoms with Crippen LogP contribution in [0.2, 0.25) is 5.02 Å². The summed E-state index contributed by atoms with van der Waals surface area (Å²) in [5, 5.41) is 10.3. The van der Waals surface area contributed by atoms with Gasteiger partial charge in [0.25, 0.3) is 0 Å². The average molecular weight is 579 g/mol. The Balaban J connectivity index is 1.37. The molecule has 0 radical (unpaired) electrons. The molecule has 0 unspecified atom stereocenters. The van der Waals surface area contributed by atoms with Crippen LogP contribution in [0.5, 0.6) is 6.01 Å². The zero-order valence-corrected chi connectivity index (χ0v) is 22.0. The Hall–Kier alpha value is -2.43. The van der Waals surface area contributed by atoms with Crippen LogP contribution in [0.1, 0.15) is 25.7 Å². The number of carboxylic acid groups (broad SMARTS) is 1. The minimum atomic E-state index is -0.906. The quantitative estimate of drug-likeness (QED) is 0.410. The first kappa shape index (κ1) is 23.9. The van der Waals surface area contributed by atoms with E-state index in [0.29, 0.717) is 30.9 Å². The average Bonchev–Trinajstić information content (AvgIpc) is 3.39. The predicted octanol–water partition coefficient (Wildman–Crippen LogP) is 4.86. The topological polar surface area (TPSA) is 82.0 Å². The highest BCUT2D eigenvalue weighted by Crippen LogP contribution is 2.43. The van der Waals surface area contributed by atoms with E-state index in [2.05, 4.69) is 39.0 Å². The molecule has 5 heterocycles. The Kier molecular flexibility index (Phi) is 5.69. The molecule has 0 aliphatic carbocycles. The zero-order valence-electron chi connectivity index (χ0n) is 19.6. The number of anilines is 1. The molecule has 1 N–H and O–H groups in total. The van der Waals surface area contributed by atoms with E-state index in [0.717, 1.165) is 49.9 Å². The number of ether oxygens (including phenoxy) is 1. The summed E-state index contributed by atoms with van der Waals surface area (Å²) in [7, 11) is 0. The van der Waals surface area contributed by atoms with Crippen molar-refractivity contribution in [3.05, 3.63) is 45.7 Å². The molecule has 1 aromatic heterocycles. The highest BCUT2D eigenvalue weighted by molar-refractivity contribution is 9.10. The number of halogens is 3. The van der Waals surface area contributed by atoms with Crippen molar-refractivity contribution < 1.29 is 19.0 Å². The maximum absolute atomic E-state index is 15.4. The van der Waals surface area contributed by atoms with E-state index in [4.69, 9.17) is 21.3 Å². The van der Waals surface area contributed by atoms with Crippen molar-refractivity contribution in [1.82, 2.24) is 19.8 Å². The zero-order chi connectivity index (χ0) is 25.4. The van der Waals surface area contributed by atoms with Crippen molar-refractivity contribution in [2.45, 2.75) is 43.3 Å². The van der Waals surface area contributed by atoms with E-state index in [1.54, 1.807) is 6.07 Å². The van der Waals surface area contributed by atoms with Gasteiger partial charge in [0.1, 0.15) is 17.9 Å². The van der Waals surface area contributed by atoms with Crippen LogP contribution in [0, 0.1) is 5.82 Å². The van der Waals surface area contributed by atoms with E-state index < -0.39 is 11.9 Å². The molecule has 190 valence electrons. The van der Waals surface area contributed by atoms with Gasteiger partial charge >= 0.3 is 12.1 Å². The van der Waals surface area contributed by atoms with E-state index in [9.17, 15) is 9.90 Å². The molecule has 0 spiro atoms. The molecule has 4 fully saturated rings. The van der Waals surface area contributed by atoms with Gasteiger partial charge in [-0.3, -0.25) is 9.80 Å². The summed E-state index contributed by atoms with van der Waals surface area (Å²) in [6.07, 6.45) is 2.28. The molecule has 4 aliphatic heterocycles. The number of aromatic nitrogens is 2. The smallest absolute Gasteiger partial charge is 0.407 e. The molecule has 8 nitrogen and oxygen atoms in total. The lowest BCUT2D eigenvalue weighted by Crippen LogP contribution is -2.55. The molecule has 1 amide bonds. The van der Waals surface area contributed by atoms with Crippen molar-refractivity contribution in [3.63, 3.8) is 0 Å². The van der Waals surface area contributed by atoms with Crippen molar-refractivity contribution in [1.29, 1.82) is 0 Å². The van der Waals surface area contributed by atoms with Gasteiger partial charge in [0.15, 0.2) is 5.82 Å². The molecule has 2 aromatic rings. The van der Waals surface area contributed by atoms with E-state index in [1.165, 1.54) is 4.90 Å². The number of piperazine rings is 1. The van der Waals surface area contributed by atoms with Gasteiger partial charge in [-0.25, -0.2) is 9.18 Å². The fourth-order valence-electron chi connectivity index (χ4n) is 6.48. The summed E-state index contributed by atoms with van der Waals surface area (Å²) in [5.74, 6) is -0.0762. The second kappa shape index (κ2) is 8.56. The Morgan fingerprint density at radius 2 is 1.86 bits per heavy atom. The normalized spacial score (nSPS) is 25.2. The number of fused-ring (bicyclic) bond motifs is 4. The lowest BCUT2D eigenvalue weighted by molar-refractivity contribution is 0.107. The standard InChI is InChI=1S/C25H26BrClFN5O3/c1-13-6-25(7-14(2)9-32(25)8-13)12-36-23-29-21-17(5-18(27)19(26)20(21)28)22(30-23)31-10-15-3-4-16(11-31)33(15)24(34)35/h5,15-16H,1-4,6-12H2,(H,34,35)/t15-,16+. The fourth-order valence-corrected chi connectivity index (χ4v) is 6.98. The third-order valence-electron chi connectivity index (χ3n) is 7.92. The summed E-state index contributed by atoms with van der Waals surface area (Å²) < 4.78 is 21.7. The molecular weight excluding hydrogens is 553 g/mol. The first-order valence-corrected chi connectivity index (χ1v) is 13.1. The van der Waals surface area contributed by atoms with Gasteiger partial charge in [-0.15, -0.1) is 0 Å². The van der Waals surface area contributed by atoms with Crippen molar-refractivity contribution in [2.75, 3.05) is 37.7 Å². The molecule has 2 bridgehead atoms. The van der Waals surface area contributed by atoms with Crippen LogP contribution in [-0.4, -0.2) is 81.4 Å². The van der Waals surface area contributed by atoms with Gasteiger partial charge in [0, 0.05) is 31.6 Å². The van der Waals surface area contributed by atoms with Crippen LogP contribution in [0.3, 0.4) is 0 Å². The lowest BCUT2D eigenvalue weighted by Gasteiger charge is -2.40. The monoisotopic (exact) mass is 577 g/mol. The van der Waals surface area contributed by atoms with Crippen LogP contribution in [-0.2, 0) is 0 Å². The van der Waals surface area contributed by atoms with Crippen LogP contribution in [0.4, 0.5) is 15.0 Å². The number of nitrogens with zero attached hydrogens (tertiary/aromatic N) is 5. The maximum Gasteiger partial charge on any atom is 0.407 e. The van der Waals surface area contributed by atoms with Gasteiger partial charge in [0.2, 0.25) is 0 Å². The summed E-state index contributed by atoms with van der Waals surface area (Å²) in [6.45, 7) is 11.2. The molecule has 11 heteroatoms.